The summed E-state index contributed by atoms with van der Waals surface area (Å²) in [6.07, 6.45) is 6.09. The number of hydrogen-bond acceptors (Lipinski definition) is 7. The first-order valence-corrected chi connectivity index (χ1v) is 9.82. The first-order chi connectivity index (χ1) is 13.5. The molecule has 0 bridgehead atoms. The van der Waals surface area contributed by atoms with Crippen molar-refractivity contribution in [3.8, 4) is 11.3 Å². The number of nitrogens with zero attached hydrogens (tertiary/aromatic N) is 3. The van der Waals surface area contributed by atoms with E-state index < -0.39 is 0 Å². The first kappa shape index (κ1) is 19.1. The molecule has 1 aromatic heterocycles. The number of hydrogen-bond donors (Lipinski definition) is 3. The molecule has 0 saturated carbocycles. The number of aromatic nitrogens is 2. The van der Waals surface area contributed by atoms with Crippen molar-refractivity contribution in [2.24, 2.45) is 5.41 Å². The van der Waals surface area contributed by atoms with E-state index in [1.165, 1.54) is 0 Å². The summed E-state index contributed by atoms with van der Waals surface area (Å²) in [5.74, 6) is 0.732. The molecule has 1 aromatic carbocycles. The van der Waals surface area contributed by atoms with Crippen LogP contribution >= 0.6 is 11.6 Å². The van der Waals surface area contributed by atoms with Gasteiger partial charge in [-0.05, 0) is 36.8 Å². The number of piperidine rings is 1. The van der Waals surface area contributed by atoms with Gasteiger partial charge in [0.2, 0.25) is 0 Å². The number of anilines is 2. The second-order valence-electron chi connectivity index (χ2n) is 7.58. The Balaban J connectivity index is 1.59. The Hall–Kier alpha value is -2.22. The van der Waals surface area contributed by atoms with E-state index in [9.17, 15) is 5.11 Å². The molecule has 1 spiro atoms. The van der Waals surface area contributed by atoms with Gasteiger partial charge in [0, 0.05) is 42.7 Å². The highest BCUT2D eigenvalue weighted by Crippen LogP contribution is 2.40. The van der Waals surface area contributed by atoms with Crippen LogP contribution in [-0.4, -0.2) is 47.6 Å². The van der Waals surface area contributed by atoms with Crippen LogP contribution in [0.25, 0.3) is 11.3 Å². The molecule has 0 aliphatic carbocycles. The molecule has 2 aliphatic rings. The number of nitrogens with one attached hydrogen (secondary N) is 1. The van der Waals surface area contributed by atoms with Crippen LogP contribution in [0, 0.1) is 10.8 Å². The van der Waals surface area contributed by atoms with Crippen molar-refractivity contribution >= 4 is 29.3 Å². The van der Waals surface area contributed by atoms with Crippen LogP contribution in [0.15, 0.2) is 18.3 Å². The number of rotatable bonds is 4. The van der Waals surface area contributed by atoms with E-state index in [0.29, 0.717) is 38.6 Å². The van der Waals surface area contributed by atoms with Gasteiger partial charge in [-0.3, -0.25) is 0 Å². The number of benzene rings is 1. The van der Waals surface area contributed by atoms with Crippen LogP contribution in [0.1, 0.15) is 30.5 Å². The number of ether oxygens (including phenoxy) is 1. The molecule has 2 aromatic rings. The molecule has 8 heteroatoms. The smallest absolute Gasteiger partial charge is 0.152 e. The molecule has 0 unspecified atom stereocenters. The normalized spacial score (nSPS) is 18.6. The van der Waals surface area contributed by atoms with Gasteiger partial charge in [0.15, 0.2) is 5.82 Å². The minimum atomic E-state index is -0.192. The SMILES string of the molecule is N=Cc1c(N)cc(-c2cnc(N3CCC4(CCOC4)CC3)c(CO)n2)cc1Cl. The maximum absolute atomic E-state index is 9.89. The summed E-state index contributed by atoms with van der Waals surface area (Å²) in [5.41, 5.74) is 9.05. The maximum atomic E-state index is 9.89. The summed E-state index contributed by atoms with van der Waals surface area (Å²) >= 11 is 6.22. The molecule has 28 heavy (non-hydrogen) atoms. The van der Waals surface area contributed by atoms with Crippen molar-refractivity contribution in [1.29, 1.82) is 5.41 Å². The lowest BCUT2D eigenvalue weighted by atomic mass is 9.78. The highest BCUT2D eigenvalue weighted by atomic mass is 35.5. The van der Waals surface area contributed by atoms with Crippen molar-refractivity contribution in [1.82, 2.24) is 9.97 Å². The summed E-state index contributed by atoms with van der Waals surface area (Å²) < 4.78 is 5.60. The van der Waals surface area contributed by atoms with Crippen molar-refractivity contribution < 1.29 is 9.84 Å². The maximum Gasteiger partial charge on any atom is 0.152 e. The average molecular weight is 402 g/mol. The third-order valence-corrected chi connectivity index (χ3v) is 6.20. The van der Waals surface area contributed by atoms with Crippen LogP contribution in [0.4, 0.5) is 11.5 Å². The Kier molecular flexibility index (Phi) is 5.23. The summed E-state index contributed by atoms with van der Waals surface area (Å²) in [6.45, 7) is 3.29. The standard InChI is InChI=1S/C20H24ClN5O2/c21-15-7-13(8-16(23)14(15)9-22)17-10-24-19(18(11-27)25-17)26-4-1-20(2-5-26)3-6-28-12-20/h7-10,22,27H,1-6,11-12,23H2. The van der Waals surface area contributed by atoms with Crippen molar-refractivity contribution in [2.45, 2.75) is 25.9 Å². The second-order valence-corrected chi connectivity index (χ2v) is 7.99. The molecule has 2 saturated heterocycles. The van der Waals surface area contributed by atoms with Crippen LogP contribution in [0.2, 0.25) is 5.02 Å². The zero-order valence-electron chi connectivity index (χ0n) is 15.6. The fourth-order valence-corrected chi connectivity index (χ4v) is 4.39. The lowest BCUT2D eigenvalue weighted by Gasteiger charge is -2.39. The van der Waals surface area contributed by atoms with E-state index in [2.05, 4.69) is 14.9 Å². The van der Waals surface area contributed by atoms with Gasteiger partial charge < -0.3 is 25.9 Å². The molecule has 4 rings (SSSR count). The Morgan fingerprint density at radius 1 is 1.32 bits per heavy atom. The van der Waals surface area contributed by atoms with E-state index in [-0.39, 0.29) is 6.61 Å². The van der Waals surface area contributed by atoms with Crippen LogP contribution in [0.3, 0.4) is 0 Å². The summed E-state index contributed by atoms with van der Waals surface area (Å²) in [4.78, 5) is 11.4. The fraction of sp³-hybridized carbons (Fsp3) is 0.450. The van der Waals surface area contributed by atoms with Gasteiger partial charge in [-0.1, -0.05) is 11.6 Å². The van der Waals surface area contributed by atoms with Crippen LogP contribution < -0.4 is 10.6 Å². The molecular formula is C20H24ClN5O2. The molecular weight excluding hydrogens is 378 g/mol. The number of halogens is 1. The lowest BCUT2D eigenvalue weighted by molar-refractivity contribution is 0.133. The van der Waals surface area contributed by atoms with E-state index in [1.54, 1.807) is 18.3 Å². The van der Waals surface area contributed by atoms with Crippen LogP contribution in [-0.2, 0) is 11.3 Å². The molecule has 7 nitrogen and oxygen atoms in total. The van der Waals surface area contributed by atoms with Crippen molar-refractivity contribution in [2.75, 3.05) is 36.9 Å². The predicted octanol–water partition coefficient (Wildman–Crippen LogP) is 2.88. The van der Waals surface area contributed by atoms with Gasteiger partial charge in [0.25, 0.3) is 0 Å². The topological polar surface area (TPSA) is 108 Å². The highest BCUT2D eigenvalue weighted by molar-refractivity contribution is 6.34. The molecule has 148 valence electrons. The van der Waals surface area contributed by atoms with Crippen molar-refractivity contribution in [3.05, 3.63) is 34.6 Å². The summed E-state index contributed by atoms with van der Waals surface area (Å²) in [7, 11) is 0. The largest absolute Gasteiger partial charge is 0.398 e. The Morgan fingerprint density at radius 3 is 2.71 bits per heavy atom. The monoisotopic (exact) mass is 401 g/mol. The Morgan fingerprint density at radius 2 is 2.11 bits per heavy atom. The molecule has 2 aliphatic heterocycles. The van der Waals surface area contributed by atoms with E-state index in [0.717, 1.165) is 57.6 Å². The van der Waals surface area contributed by atoms with Crippen LogP contribution in [0.5, 0.6) is 0 Å². The molecule has 0 radical (unpaired) electrons. The number of aliphatic hydroxyl groups is 1. The summed E-state index contributed by atoms with van der Waals surface area (Å²) in [6, 6.07) is 3.44. The quantitative estimate of drug-likeness (QED) is 0.537. The van der Waals surface area contributed by atoms with Gasteiger partial charge in [-0.2, -0.15) is 0 Å². The van der Waals surface area contributed by atoms with Gasteiger partial charge in [0.05, 0.1) is 30.1 Å². The average Bonchev–Trinajstić information content (AvgIpc) is 3.16. The summed E-state index contributed by atoms with van der Waals surface area (Å²) in [5, 5.41) is 17.7. The second kappa shape index (κ2) is 7.66. The zero-order valence-corrected chi connectivity index (χ0v) is 16.4. The molecule has 2 fully saturated rings. The third kappa shape index (κ3) is 3.45. The molecule has 0 amide bonds. The lowest BCUT2D eigenvalue weighted by Crippen LogP contribution is -2.41. The van der Waals surface area contributed by atoms with Crippen molar-refractivity contribution in [3.63, 3.8) is 0 Å². The Labute approximate surface area is 169 Å². The molecule has 3 heterocycles. The highest BCUT2D eigenvalue weighted by Gasteiger charge is 2.38. The van der Waals surface area contributed by atoms with E-state index in [4.69, 9.17) is 27.5 Å². The number of aliphatic hydroxyl groups excluding tert-OH is 1. The number of nitrogens with two attached hydrogens (primary N) is 1. The fourth-order valence-electron chi connectivity index (χ4n) is 4.11. The first-order valence-electron chi connectivity index (χ1n) is 9.44. The third-order valence-electron chi connectivity index (χ3n) is 5.88. The van der Waals surface area contributed by atoms with Gasteiger partial charge in [0.1, 0.15) is 5.69 Å². The zero-order chi connectivity index (χ0) is 19.7. The molecule has 4 N–H and O–H groups in total. The van der Waals surface area contributed by atoms with E-state index >= 15 is 0 Å². The minimum Gasteiger partial charge on any atom is -0.398 e. The van der Waals surface area contributed by atoms with E-state index in [1.807, 2.05) is 0 Å². The molecule has 0 atom stereocenters. The van der Waals surface area contributed by atoms with Gasteiger partial charge in [-0.15, -0.1) is 0 Å². The van der Waals surface area contributed by atoms with Gasteiger partial charge in [-0.25, -0.2) is 9.97 Å². The Bertz CT molecular complexity index is 865. The number of nitrogen functional groups attached to an aromatic ring is 1. The minimum absolute atomic E-state index is 0.192. The predicted molar refractivity (Wildman–Crippen MR) is 110 cm³/mol. The van der Waals surface area contributed by atoms with Gasteiger partial charge >= 0.3 is 0 Å².